The quantitative estimate of drug-likeness (QED) is 0.848. The van der Waals surface area contributed by atoms with Crippen LogP contribution in [0.5, 0.6) is 0 Å². The fraction of sp³-hybridized carbons (Fsp3) is 0.875. The molecule has 0 aromatic rings. The molecule has 2 saturated heterocycles. The Balaban J connectivity index is 2.02. The van der Waals surface area contributed by atoms with Crippen molar-refractivity contribution in [3.05, 3.63) is 0 Å². The number of carboxylic acids is 1. The van der Waals surface area contributed by atoms with Crippen LogP contribution in [0.2, 0.25) is 0 Å². The molecule has 0 aromatic heterocycles. The van der Waals surface area contributed by atoms with Crippen molar-refractivity contribution in [2.75, 3.05) is 7.05 Å². The van der Waals surface area contributed by atoms with Crippen molar-refractivity contribution in [2.45, 2.75) is 76.9 Å². The molecule has 0 saturated carbocycles. The average Bonchev–Trinajstić information content (AvgIpc) is 2.70. The molecule has 5 heteroatoms. The number of carbonyl (C=O) groups is 2. The molecule has 2 rings (SSSR count). The second-order valence-corrected chi connectivity index (χ2v) is 6.59. The minimum Gasteiger partial charge on any atom is -0.481 e. The van der Waals surface area contributed by atoms with Crippen LogP contribution in [0.25, 0.3) is 0 Å². The Labute approximate surface area is 127 Å². The summed E-state index contributed by atoms with van der Waals surface area (Å²) in [6.45, 7) is 4.23. The van der Waals surface area contributed by atoms with E-state index in [0.29, 0.717) is 6.04 Å². The van der Waals surface area contributed by atoms with Crippen LogP contribution in [0.3, 0.4) is 0 Å². The number of piperidine rings is 1. The van der Waals surface area contributed by atoms with Crippen LogP contribution in [-0.4, -0.2) is 52.1 Å². The maximum atomic E-state index is 12.8. The third-order valence-electron chi connectivity index (χ3n) is 5.31. The predicted molar refractivity (Wildman–Crippen MR) is 81.2 cm³/mol. The highest BCUT2D eigenvalue weighted by molar-refractivity contribution is 5.76. The number of fused-ring (bicyclic) bond motifs is 2. The molecule has 2 unspecified atom stereocenters. The first kappa shape index (κ1) is 16.1. The van der Waals surface area contributed by atoms with E-state index in [0.717, 1.165) is 38.5 Å². The predicted octanol–water partition coefficient (Wildman–Crippen LogP) is 2.94. The minimum atomic E-state index is -0.715. The van der Waals surface area contributed by atoms with Gasteiger partial charge in [0.2, 0.25) is 0 Å². The number of rotatable bonds is 5. The summed E-state index contributed by atoms with van der Waals surface area (Å²) in [4.78, 5) is 27.6. The number of carbonyl (C=O) groups excluding carboxylic acids is 1. The van der Waals surface area contributed by atoms with Crippen molar-refractivity contribution >= 4 is 12.0 Å². The molecule has 2 atom stereocenters. The van der Waals surface area contributed by atoms with E-state index < -0.39 is 5.97 Å². The fourth-order valence-electron chi connectivity index (χ4n) is 4.19. The largest absolute Gasteiger partial charge is 0.481 e. The first-order valence-corrected chi connectivity index (χ1v) is 8.24. The van der Waals surface area contributed by atoms with Gasteiger partial charge in [-0.15, -0.1) is 0 Å². The third-order valence-corrected chi connectivity index (χ3v) is 5.31. The molecule has 2 amide bonds. The van der Waals surface area contributed by atoms with Crippen LogP contribution in [0.4, 0.5) is 4.79 Å². The smallest absolute Gasteiger partial charge is 0.320 e. The lowest BCUT2D eigenvalue weighted by molar-refractivity contribution is -0.138. The van der Waals surface area contributed by atoms with Crippen molar-refractivity contribution in [3.8, 4) is 0 Å². The van der Waals surface area contributed by atoms with E-state index in [2.05, 4.69) is 18.7 Å². The zero-order valence-corrected chi connectivity index (χ0v) is 13.4. The zero-order valence-electron chi connectivity index (χ0n) is 13.4. The van der Waals surface area contributed by atoms with Gasteiger partial charge in [-0.1, -0.05) is 13.8 Å². The normalized spacial score (nSPS) is 28.0. The lowest BCUT2D eigenvalue weighted by Gasteiger charge is -2.42. The molecule has 0 aliphatic carbocycles. The molecule has 2 aliphatic heterocycles. The van der Waals surface area contributed by atoms with E-state index in [4.69, 9.17) is 5.11 Å². The van der Waals surface area contributed by atoms with E-state index in [9.17, 15) is 9.59 Å². The molecule has 1 N–H and O–H groups in total. The summed E-state index contributed by atoms with van der Waals surface area (Å²) in [5, 5.41) is 8.97. The Kier molecular flexibility index (Phi) is 5.12. The lowest BCUT2D eigenvalue weighted by atomic mass is 9.88. The number of amides is 2. The molecule has 21 heavy (non-hydrogen) atoms. The summed E-state index contributed by atoms with van der Waals surface area (Å²) in [6.07, 6.45) is 5.97. The number of urea groups is 1. The molecule has 2 aliphatic rings. The van der Waals surface area contributed by atoms with Gasteiger partial charge in [0.25, 0.3) is 0 Å². The Bertz CT molecular complexity index is 381. The third kappa shape index (κ3) is 3.33. The average molecular weight is 296 g/mol. The van der Waals surface area contributed by atoms with Gasteiger partial charge in [-0.05, 0) is 44.4 Å². The Morgan fingerprint density at radius 2 is 1.71 bits per heavy atom. The summed E-state index contributed by atoms with van der Waals surface area (Å²) in [5.74, 6) is -0.476. The van der Waals surface area contributed by atoms with Gasteiger partial charge >= 0.3 is 12.0 Å². The molecule has 0 aromatic carbocycles. The van der Waals surface area contributed by atoms with Crippen molar-refractivity contribution in [3.63, 3.8) is 0 Å². The summed E-state index contributed by atoms with van der Waals surface area (Å²) in [6, 6.07) is 0.938. The van der Waals surface area contributed by atoms with Gasteiger partial charge in [-0.2, -0.15) is 0 Å². The Morgan fingerprint density at radius 3 is 2.14 bits per heavy atom. The van der Waals surface area contributed by atoms with Crippen molar-refractivity contribution in [1.82, 2.24) is 9.80 Å². The molecule has 0 radical (unpaired) electrons. The van der Waals surface area contributed by atoms with Gasteiger partial charge < -0.3 is 14.9 Å². The topological polar surface area (TPSA) is 60.9 Å². The highest BCUT2D eigenvalue weighted by atomic mass is 16.4. The Hall–Kier alpha value is -1.26. The molecule has 5 nitrogen and oxygen atoms in total. The van der Waals surface area contributed by atoms with Gasteiger partial charge in [0.15, 0.2) is 0 Å². The van der Waals surface area contributed by atoms with Crippen LogP contribution in [0.1, 0.15) is 58.8 Å². The molecular weight excluding hydrogens is 268 g/mol. The van der Waals surface area contributed by atoms with Gasteiger partial charge in [0, 0.05) is 31.6 Å². The maximum absolute atomic E-state index is 12.8. The fourth-order valence-corrected chi connectivity index (χ4v) is 4.19. The van der Waals surface area contributed by atoms with E-state index in [-0.39, 0.29) is 30.5 Å². The highest BCUT2D eigenvalue weighted by Gasteiger charge is 2.44. The highest BCUT2D eigenvalue weighted by Crippen LogP contribution is 2.40. The molecule has 2 fully saturated rings. The van der Waals surface area contributed by atoms with Crippen LogP contribution in [0.15, 0.2) is 0 Å². The molecule has 0 spiro atoms. The van der Waals surface area contributed by atoms with Crippen molar-refractivity contribution < 1.29 is 14.7 Å². The number of nitrogens with zero attached hydrogens (tertiary/aromatic N) is 2. The van der Waals surface area contributed by atoms with Crippen LogP contribution < -0.4 is 0 Å². The molecule has 2 bridgehead atoms. The second-order valence-electron chi connectivity index (χ2n) is 6.59. The number of carboxylic acid groups (broad SMARTS) is 1. The van der Waals surface area contributed by atoms with Gasteiger partial charge in [-0.25, -0.2) is 4.79 Å². The summed E-state index contributed by atoms with van der Waals surface area (Å²) < 4.78 is 0. The van der Waals surface area contributed by atoms with E-state index in [1.54, 1.807) is 0 Å². The van der Waals surface area contributed by atoms with Gasteiger partial charge in [-0.3, -0.25) is 4.79 Å². The van der Waals surface area contributed by atoms with E-state index >= 15 is 0 Å². The summed E-state index contributed by atoms with van der Waals surface area (Å²) >= 11 is 0. The van der Waals surface area contributed by atoms with Gasteiger partial charge in [0.1, 0.15) is 0 Å². The number of hydrogen-bond donors (Lipinski definition) is 1. The van der Waals surface area contributed by atoms with Crippen LogP contribution in [-0.2, 0) is 4.79 Å². The minimum absolute atomic E-state index is 0.143. The first-order valence-electron chi connectivity index (χ1n) is 8.24. The Morgan fingerprint density at radius 1 is 1.19 bits per heavy atom. The zero-order chi connectivity index (χ0) is 15.6. The molecule has 2 heterocycles. The number of aliphatic carboxylic acids is 1. The SMILES string of the molecule is CCC(CC)N(C)C(=O)N1C2CCC1CC(CC(=O)O)C2. The second kappa shape index (κ2) is 6.67. The summed E-state index contributed by atoms with van der Waals surface area (Å²) in [5.41, 5.74) is 0. The van der Waals surface area contributed by atoms with Crippen molar-refractivity contribution in [2.24, 2.45) is 5.92 Å². The van der Waals surface area contributed by atoms with Crippen LogP contribution in [0, 0.1) is 5.92 Å². The summed E-state index contributed by atoms with van der Waals surface area (Å²) in [7, 11) is 1.91. The molecule has 120 valence electrons. The maximum Gasteiger partial charge on any atom is 0.320 e. The van der Waals surface area contributed by atoms with Crippen LogP contribution >= 0.6 is 0 Å². The first-order chi connectivity index (χ1) is 9.97. The van der Waals surface area contributed by atoms with E-state index in [1.807, 2.05) is 11.9 Å². The van der Waals surface area contributed by atoms with E-state index in [1.165, 1.54) is 0 Å². The van der Waals surface area contributed by atoms with Crippen molar-refractivity contribution in [1.29, 1.82) is 0 Å². The van der Waals surface area contributed by atoms with Gasteiger partial charge in [0.05, 0.1) is 0 Å². The lowest BCUT2D eigenvalue weighted by Crippen LogP contribution is -2.53. The number of hydrogen-bond acceptors (Lipinski definition) is 2. The standard InChI is InChI=1S/C16H28N2O3/c1-4-12(5-2)17(3)16(21)18-13-6-7-14(18)9-11(8-13)10-15(19)20/h11-14H,4-10H2,1-3H3,(H,19,20). The monoisotopic (exact) mass is 296 g/mol. The molecular formula is C16H28N2O3.